The van der Waals surface area contributed by atoms with Crippen molar-refractivity contribution in [3.8, 4) is 16.9 Å². The van der Waals surface area contributed by atoms with Crippen molar-refractivity contribution < 1.29 is 15.0 Å². The number of phenolic OH excluding ortho intramolecular Hbond substituents is 1. The molecule has 0 spiro atoms. The summed E-state index contributed by atoms with van der Waals surface area (Å²) in [6.07, 6.45) is 3.33. The zero-order valence-corrected chi connectivity index (χ0v) is 9.83. The van der Waals surface area contributed by atoms with Crippen molar-refractivity contribution in [3.05, 3.63) is 59.2 Å². The molecule has 19 heavy (non-hydrogen) atoms. The van der Waals surface area contributed by atoms with Crippen LogP contribution >= 0.6 is 0 Å². The van der Waals surface area contributed by atoms with Crippen molar-refractivity contribution in [3.63, 3.8) is 0 Å². The van der Waals surface area contributed by atoms with Crippen LogP contribution in [0.2, 0.25) is 0 Å². The summed E-state index contributed by atoms with van der Waals surface area (Å²) in [5.41, 5.74) is 1.58. The van der Waals surface area contributed by atoms with Crippen molar-refractivity contribution in [2.75, 3.05) is 0 Å². The van der Waals surface area contributed by atoms with E-state index in [1.165, 1.54) is 12.1 Å². The molecule has 2 heterocycles. The van der Waals surface area contributed by atoms with E-state index < -0.39 is 5.63 Å². The van der Waals surface area contributed by atoms with E-state index in [9.17, 15) is 9.90 Å². The van der Waals surface area contributed by atoms with Crippen LogP contribution in [-0.4, -0.2) is 15.6 Å². The lowest BCUT2D eigenvalue weighted by Crippen LogP contribution is -1.98. The highest BCUT2D eigenvalue weighted by Crippen LogP contribution is 2.28. The summed E-state index contributed by atoms with van der Waals surface area (Å²) in [7, 11) is 0. The van der Waals surface area contributed by atoms with Crippen LogP contribution in [0.4, 0.5) is 0 Å². The van der Waals surface area contributed by atoms with Crippen molar-refractivity contribution in [1.29, 1.82) is 0 Å². The first-order valence-electron chi connectivity index (χ1n) is 5.41. The average molecular weight is 257 g/mol. The van der Waals surface area contributed by atoms with Gasteiger partial charge in [0.1, 0.15) is 11.3 Å². The predicted molar refractivity (Wildman–Crippen MR) is 71.0 cm³/mol. The molecule has 0 saturated heterocycles. The molecule has 0 fully saturated rings. The number of phenols is 1. The lowest BCUT2D eigenvalue weighted by atomic mass is 10.0. The Morgan fingerprint density at radius 1 is 1.05 bits per heavy atom. The summed E-state index contributed by atoms with van der Waals surface area (Å²) in [5.74, 6) is 0.0672. The lowest BCUT2D eigenvalue weighted by molar-refractivity contribution is 0.473. The third kappa shape index (κ3) is 2.31. The molecule has 96 valence electrons. The number of aromatic nitrogens is 1. The summed E-state index contributed by atoms with van der Waals surface area (Å²) in [6, 6.07) is 9.80. The second-order valence-corrected chi connectivity index (χ2v) is 3.90. The molecule has 5 nitrogen and oxygen atoms in total. The van der Waals surface area contributed by atoms with E-state index in [1.54, 1.807) is 24.5 Å². The van der Waals surface area contributed by atoms with Gasteiger partial charge in [-0.15, -0.1) is 0 Å². The number of pyridine rings is 1. The van der Waals surface area contributed by atoms with Crippen LogP contribution in [0, 0.1) is 0 Å². The Morgan fingerprint density at radius 3 is 2.53 bits per heavy atom. The van der Waals surface area contributed by atoms with E-state index in [2.05, 4.69) is 4.98 Å². The average Bonchev–Trinajstić information content (AvgIpc) is 2.38. The standard InChI is InChI=1S/C14H9NO3.H2O/c16-10-1-2-11-12(9-3-5-15-6-4-9)8-14(17)18-13(11)7-10;/h1-8,16H;1H2. The number of fused-ring (bicyclic) bond motifs is 1. The van der Waals surface area contributed by atoms with Crippen molar-refractivity contribution >= 4 is 11.0 Å². The van der Waals surface area contributed by atoms with Crippen molar-refractivity contribution in [1.82, 2.24) is 4.98 Å². The summed E-state index contributed by atoms with van der Waals surface area (Å²) in [6.45, 7) is 0. The molecular weight excluding hydrogens is 246 g/mol. The third-order valence-electron chi connectivity index (χ3n) is 2.72. The van der Waals surface area contributed by atoms with Crippen molar-refractivity contribution in [2.24, 2.45) is 0 Å². The molecule has 0 bridgehead atoms. The summed E-state index contributed by atoms with van der Waals surface area (Å²) in [5, 5.41) is 10.2. The maximum Gasteiger partial charge on any atom is 0.336 e. The van der Waals surface area contributed by atoms with Gasteiger partial charge in [0.2, 0.25) is 0 Å². The molecule has 0 unspecified atom stereocenters. The minimum Gasteiger partial charge on any atom is -0.508 e. The summed E-state index contributed by atoms with van der Waals surface area (Å²) in [4.78, 5) is 15.5. The highest BCUT2D eigenvalue weighted by atomic mass is 16.4. The smallest absolute Gasteiger partial charge is 0.336 e. The maximum absolute atomic E-state index is 11.5. The Morgan fingerprint density at radius 2 is 1.79 bits per heavy atom. The Hall–Kier alpha value is -2.66. The number of hydrogen-bond donors (Lipinski definition) is 1. The molecule has 3 aromatic rings. The van der Waals surface area contributed by atoms with Gasteiger partial charge in [-0.25, -0.2) is 4.79 Å². The molecule has 2 aromatic heterocycles. The van der Waals surface area contributed by atoms with Gasteiger partial charge in [0.15, 0.2) is 0 Å². The number of rotatable bonds is 1. The van der Waals surface area contributed by atoms with Gasteiger partial charge in [-0.2, -0.15) is 0 Å². The molecule has 0 amide bonds. The second-order valence-electron chi connectivity index (χ2n) is 3.90. The highest BCUT2D eigenvalue weighted by Gasteiger charge is 2.08. The minimum atomic E-state index is -0.445. The van der Waals surface area contributed by atoms with Gasteiger partial charge in [-0.05, 0) is 35.4 Å². The number of aromatic hydroxyl groups is 1. The first kappa shape index (κ1) is 12.8. The normalized spacial score (nSPS) is 10.1. The van der Waals surface area contributed by atoms with Crippen LogP contribution < -0.4 is 5.63 Å². The van der Waals surface area contributed by atoms with Gasteiger partial charge < -0.3 is 15.0 Å². The molecule has 3 rings (SSSR count). The van der Waals surface area contributed by atoms with Gasteiger partial charge in [0.25, 0.3) is 0 Å². The van der Waals surface area contributed by atoms with E-state index in [-0.39, 0.29) is 11.2 Å². The maximum atomic E-state index is 11.5. The summed E-state index contributed by atoms with van der Waals surface area (Å²) >= 11 is 0. The fourth-order valence-corrected chi connectivity index (χ4v) is 1.92. The van der Waals surface area contributed by atoms with E-state index in [1.807, 2.05) is 12.1 Å². The number of nitrogens with zero attached hydrogens (tertiary/aromatic N) is 1. The van der Waals surface area contributed by atoms with Crippen LogP contribution in [0.25, 0.3) is 22.1 Å². The molecule has 1 aromatic carbocycles. The molecular formula is C14H11NO4. The van der Waals surface area contributed by atoms with Gasteiger partial charge in [0, 0.05) is 29.9 Å². The minimum absolute atomic E-state index is 0. The van der Waals surface area contributed by atoms with Gasteiger partial charge >= 0.3 is 5.63 Å². The zero-order valence-electron chi connectivity index (χ0n) is 9.83. The Bertz CT molecular complexity index is 765. The Balaban J connectivity index is 0.00000133. The quantitative estimate of drug-likeness (QED) is 0.671. The molecule has 0 aliphatic rings. The molecule has 0 aliphatic heterocycles. The summed E-state index contributed by atoms with van der Waals surface area (Å²) < 4.78 is 5.07. The van der Waals surface area contributed by atoms with Crippen LogP contribution in [0.5, 0.6) is 5.75 Å². The van der Waals surface area contributed by atoms with Gasteiger partial charge in [-0.3, -0.25) is 4.98 Å². The molecule has 0 radical (unpaired) electrons. The SMILES string of the molecule is O.O=c1cc(-c2ccncc2)c2ccc(O)cc2o1. The first-order chi connectivity index (χ1) is 8.74. The molecule has 0 aliphatic carbocycles. The van der Waals surface area contributed by atoms with E-state index in [4.69, 9.17) is 4.42 Å². The molecule has 0 atom stereocenters. The van der Waals surface area contributed by atoms with E-state index >= 15 is 0 Å². The molecule has 5 heteroatoms. The lowest BCUT2D eigenvalue weighted by Gasteiger charge is -2.05. The third-order valence-corrected chi connectivity index (χ3v) is 2.72. The second kappa shape index (κ2) is 4.91. The fraction of sp³-hybridized carbons (Fsp3) is 0. The van der Waals surface area contributed by atoms with Gasteiger partial charge in [0.05, 0.1) is 0 Å². The fourth-order valence-electron chi connectivity index (χ4n) is 1.92. The number of benzene rings is 1. The van der Waals surface area contributed by atoms with Gasteiger partial charge in [-0.1, -0.05) is 0 Å². The number of hydrogen-bond acceptors (Lipinski definition) is 4. The van der Waals surface area contributed by atoms with Crippen LogP contribution in [0.15, 0.2) is 58.0 Å². The van der Waals surface area contributed by atoms with Crippen molar-refractivity contribution in [2.45, 2.75) is 0 Å². The van der Waals surface area contributed by atoms with Crippen LogP contribution in [0.1, 0.15) is 0 Å². The predicted octanol–water partition coefficient (Wildman–Crippen LogP) is 1.74. The Kier molecular flexibility index (Phi) is 3.31. The largest absolute Gasteiger partial charge is 0.508 e. The monoisotopic (exact) mass is 257 g/mol. The van der Waals surface area contributed by atoms with E-state index in [0.717, 1.165) is 16.5 Å². The molecule has 3 N–H and O–H groups in total. The van der Waals surface area contributed by atoms with Crippen LogP contribution in [-0.2, 0) is 0 Å². The molecule has 0 saturated carbocycles. The first-order valence-corrected chi connectivity index (χ1v) is 5.41. The topological polar surface area (TPSA) is 94.8 Å². The van der Waals surface area contributed by atoms with Crippen LogP contribution in [0.3, 0.4) is 0 Å². The zero-order chi connectivity index (χ0) is 12.5. The Labute approximate surface area is 108 Å². The highest BCUT2D eigenvalue weighted by molar-refractivity contribution is 5.93. The van der Waals surface area contributed by atoms with E-state index in [0.29, 0.717) is 5.58 Å².